The minimum Gasteiger partial charge on any atom is -0.491 e. The molecule has 0 radical (unpaired) electrons. The molecule has 0 spiro atoms. The molecule has 1 atom stereocenters. The van der Waals surface area contributed by atoms with E-state index >= 15 is 0 Å². The number of ether oxygens (including phenoxy) is 2. The third kappa shape index (κ3) is 4.97. The van der Waals surface area contributed by atoms with E-state index in [1.165, 1.54) is 7.11 Å². The van der Waals surface area contributed by atoms with Crippen LogP contribution in [0.25, 0.3) is 10.9 Å². The fraction of sp³-hybridized carbons (Fsp3) is 0.471. The molecule has 1 heterocycles. The lowest BCUT2D eigenvalue weighted by Gasteiger charge is -2.13. The molecular formula is C17H25N2O4+. The zero-order valence-electron chi connectivity index (χ0n) is 13.8. The SMILES string of the molecule is COC(=O)Cc1c[nH]c2ccc(OC[C@@H](O)C[NH2+]C(C)C)cc12. The lowest BCUT2D eigenvalue weighted by atomic mass is 10.1. The van der Waals surface area contributed by atoms with Gasteiger partial charge in [-0.15, -0.1) is 0 Å². The maximum Gasteiger partial charge on any atom is 0.310 e. The first-order valence-corrected chi connectivity index (χ1v) is 7.80. The predicted octanol–water partition coefficient (Wildman–Crippen LogP) is 0.595. The van der Waals surface area contributed by atoms with Crippen molar-refractivity contribution in [1.29, 1.82) is 0 Å². The highest BCUT2D eigenvalue weighted by atomic mass is 16.5. The molecule has 126 valence electrons. The van der Waals surface area contributed by atoms with Crippen LogP contribution in [0.15, 0.2) is 24.4 Å². The van der Waals surface area contributed by atoms with Gasteiger partial charge < -0.3 is 24.9 Å². The van der Waals surface area contributed by atoms with Crippen molar-refractivity contribution in [2.24, 2.45) is 0 Å². The number of fused-ring (bicyclic) bond motifs is 1. The lowest BCUT2D eigenvalue weighted by Crippen LogP contribution is -2.90. The zero-order chi connectivity index (χ0) is 16.8. The van der Waals surface area contributed by atoms with E-state index in [4.69, 9.17) is 9.47 Å². The number of carbonyl (C=O) groups excluding carboxylic acids is 1. The van der Waals surface area contributed by atoms with Crippen molar-refractivity contribution in [3.63, 3.8) is 0 Å². The first kappa shape index (κ1) is 17.3. The Balaban J connectivity index is 2.01. The van der Waals surface area contributed by atoms with Crippen molar-refractivity contribution >= 4 is 16.9 Å². The molecule has 23 heavy (non-hydrogen) atoms. The van der Waals surface area contributed by atoms with Gasteiger partial charge in [-0.2, -0.15) is 0 Å². The van der Waals surface area contributed by atoms with Crippen LogP contribution in [-0.2, 0) is 16.0 Å². The highest BCUT2D eigenvalue weighted by molar-refractivity contribution is 5.88. The van der Waals surface area contributed by atoms with Crippen LogP contribution in [0.3, 0.4) is 0 Å². The van der Waals surface area contributed by atoms with Crippen molar-refractivity contribution in [2.45, 2.75) is 32.4 Å². The molecule has 0 saturated heterocycles. The van der Waals surface area contributed by atoms with Gasteiger partial charge in [0.25, 0.3) is 0 Å². The molecule has 0 saturated carbocycles. The van der Waals surface area contributed by atoms with Crippen LogP contribution in [0.4, 0.5) is 0 Å². The Kier molecular flexibility index (Phi) is 6.01. The Morgan fingerprint density at radius 2 is 2.17 bits per heavy atom. The highest BCUT2D eigenvalue weighted by Crippen LogP contribution is 2.24. The largest absolute Gasteiger partial charge is 0.491 e. The molecule has 0 bridgehead atoms. The summed E-state index contributed by atoms with van der Waals surface area (Å²) in [7, 11) is 1.38. The maximum atomic E-state index is 11.4. The average Bonchev–Trinajstić information content (AvgIpc) is 2.93. The van der Waals surface area contributed by atoms with Gasteiger partial charge in [0, 0.05) is 17.1 Å². The van der Waals surface area contributed by atoms with Crippen molar-refractivity contribution in [1.82, 2.24) is 4.98 Å². The van der Waals surface area contributed by atoms with Crippen LogP contribution in [0.2, 0.25) is 0 Å². The second-order valence-corrected chi connectivity index (χ2v) is 5.95. The maximum absolute atomic E-state index is 11.4. The number of hydrogen-bond acceptors (Lipinski definition) is 4. The van der Waals surface area contributed by atoms with Crippen molar-refractivity contribution in [3.8, 4) is 5.75 Å². The van der Waals surface area contributed by atoms with E-state index in [0.717, 1.165) is 16.5 Å². The summed E-state index contributed by atoms with van der Waals surface area (Å²) < 4.78 is 10.4. The molecule has 0 aliphatic carbocycles. The summed E-state index contributed by atoms with van der Waals surface area (Å²) in [5, 5.41) is 12.9. The van der Waals surface area contributed by atoms with Crippen LogP contribution in [0, 0.1) is 0 Å². The number of nitrogens with one attached hydrogen (secondary N) is 1. The van der Waals surface area contributed by atoms with Gasteiger partial charge in [-0.05, 0) is 37.6 Å². The van der Waals surface area contributed by atoms with Crippen molar-refractivity contribution in [2.75, 3.05) is 20.3 Å². The number of carbonyl (C=O) groups is 1. The van der Waals surface area contributed by atoms with Crippen LogP contribution >= 0.6 is 0 Å². The molecule has 2 aromatic rings. The molecule has 1 aromatic heterocycles. The molecule has 1 aromatic carbocycles. The number of quaternary nitrogens is 1. The van der Waals surface area contributed by atoms with E-state index in [1.54, 1.807) is 6.20 Å². The predicted molar refractivity (Wildman–Crippen MR) is 87.4 cm³/mol. The van der Waals surface area contributed by atoms with Crippen molar-refractivity contribution in [3.05, 3.63) is 30.0 Å². The summed E-state index contributed by atoms with van der Waals surface area (Å²) in [5.41, 5.74) is 1.80. The number of aliphatic hydroxyl groups excluding tert-OH is 1. The zero-order valence-corrected chi connectivity index (χ0v) is 13.8. The van der Waals surface area contributed by atoms with Gasteiger partial charge >= 0.3 is 5.97 Å². The first-order chi connectivity index (χ1) is 11.0. The van der Waals surface area contributed by atoms with Crippen LogP contribution < -0.4 is 10.1 Å². The molecule has 0 amide bonds. The van der Waals surface area contributed by atoms with Crippen LogP contribution in [-0.4, -0.2) is 48.5 Å². The van der Waals surface area contributed by atoms with Gasteiger partial charge in [-0.1, -0.05) is 0 Å². The number of benzene rings is 1. The van der Waals surface area contributed by atoms with Gasteiger partial charge in [-0.3, -0.25) is 4.79 Å². The number of nitrogens with two attached hydrogens (primary N) is 1. The Bertz CT molecular complexity index is 651. The molecule has 4 N–H and O–H groups in total. The van der Waals surface area contributed by atoms with Gasteiger partial charge in [0.15, 0.2) is 0 Å². The third-order valence-corrected chi connectivity index (χ3v) is 3.62. The molecule has 0 aliphatic heterocycles. The molecule has 6 nitrogen and oxygen atoms in total. The van der Waals surface area contributed by atoms with Crippen LogP contribution in [0.1, 0.15) is 19.4 Å². The Labute approximate surface area is 135 Å². The Morgan fingerprint density at radius 1 is 1.39 bits per heavy atom. The molecule has 0 unspecified atom stereocenters. The monoisotopic (exact) mass is 321 g/mol. The molecule has 0 fully saturated rings. The summed E-state index contributed by atoms with van der Waals surface area (Å²) in [4.78, 5) is 14.6. The standard InChI is InChI=1S/C17H24N2O4/c1-11(2)18-9-13(20)10-23-14-4-5-16-15(7-14)12(8-19-16)6-17(21)22-3/h4-5,7-8,11,13,18-20H,6,9-10H2,1-3H3/p+1/t13-/m0/s1. The van der Waals surface area contributed by atoms with E-state index in [2.05, 4.69) is 24.1 Å². The summed E-state index contributed by atoms with van der Waals surface area (Å²) in [6.45, 7) is 5.01. The fourth-order valence-corrected chi connectivity index (χ4v) is 2.31. The van der Waals surface area contributed by atoms with E-state index in [-0.39, 0.29) is 19.0 Å². The summed E-state index contributed by atoms with van der Waals surface area (Å²) in [6.07, 6.45) is 1.50. The summed E-state index contributed by atoms with van der Waals surface area (Å²) in [5.74, 6) is 0.392. The second kappa shape index (κ2) is 7.99. The second-order valence-electron chi connectivity index (χ2n) is 5.95. The number of hydrogen-bond donors (Lipinski definition) is 3. The average molecular weight is 321 g/mol. The number of aliphatic hydroxyl groups is 1. The van der Waals surface area contributed by atoms with Gasteiger partial charge in [0.1, 0.15) is 25.0 Å². The van der Waals surface area contributed by atoms with E-state index in [1.807, 2.05) is 18.2 Å². The molecule has 6 heteroatoms. The first-order valence-electron chi connectivity index (χ1n) is 7.80. The number of esters is 1. The molecular weight excluding hydrogens is 296 g/mol. The molecule has 2 rings (SSSR count). The number of H-pyrrole nitrogens is 1. The van der Waals surface area contributed by atoms with E-state index in [0.29, 0.717) is 18.3 Å². The topological polar surface area (TPSA) is 88.2 Å². The van der Waals surface area contributed by atoms with Gasteiger partial charge in [0.05, 0.1) is 19.6 Å². The summed E-state index contributed by atoms with van der Waals surface area (Å²) in [6, 6.07) is 6.07. The molecule has 0 aliphatic rings. The number of aromatic nitrogens is 1. The Morgan fingerprint density at radius 3 is 2.87 bits per heavy atom. The number of aromatic amines is 1. The fourth-order valence-electron chi connectivity index (χ4n) is 2.31. The minimum atomic E-state index is -0.520. The Hall–Kier alpha value is -2.05. The lowest BCUT2D eigenvalue weighted by molar-refractivity contribution is -0.688. The number of methoxy groups -OCH3 is 1. The van der Waals surface area contributed by atoms with Crippen LogP contribution in [0.5, 0.6) is 5.75 Å². The quantitative estimate of drug-likeness (QED) is 0.621. The normalized spacial score (nSPS) is 12.6. The van der Waals surface area contributed by atoms with E-state index in [9.17, 15) is 9.90 Å². The smallest absolute Gasteiger partial charge is 0.310 e. The highest BCUT2D eigenvalue weighted by Gasteiger charge is 2.12. The van der Waals surface area contributed by atoms with Gasteiger partial charge in [-0.25, -0.2) is 0 Å². The third-order valence-electron chi connectivity index (χ3n) is 3.62. The van der Waals surface area contributed by atoms with Gasteiger partial charge in [0.2, 0.25) is 0 Å². The van der Waals surface area contributed by atoms with Crippen molar-refractivity contribution < 1.29 is 24.7 Å². The minimum absolute atomic E-state index is 0.214. The number of rotatable bonds is 8. The summed E-state index contributed by atoms with van der Waals surface area (Å²) >= 11 is 0. The van der Waals surface area contributed by atoms with E-state index < -0.39 is 6.10 Å².